The number of fused-ring (bicyclic) bond motifs is 5. The fourth-order valence-electron chi connectivity index (χ4n) is 5.75. The van der Waals surface area contributed by atoms with Gasteiger partial charge in [-0.2, -0.15) is 0 Å². The maximum Gasteiger partial charge on any atom is 0.494 e. The van der Waals surface area contributed by atoms with Crippen LogP contribution in [0.2, 0.25) is 0 Å². The van der Waals surface area contributed by atoms with Crippen LogP contribution in [0.3, 0.4) is 0 Å². The van der Waals surface area contributed by atoms with Crippen LogP contribution in [0, 0.1) is 0 Å². The molecule has 2 N–H and O–H groups in total. The fraction of sp³-hybridized carbons (Fsp3) is 0.731. The SMILES string of the molecule is CC1(C)OB(c2ccc3c(c2)C2CCC(CC2)OC[C@H]2[C@@H](N)CCCN2C(=O)CO3)OC1(C)C. The first-order valence-electron chi connectivity index (χ1n) is 12.9. The van der Waals surface area contributed by atoms with Gasteiger partial charge in [0, 0.05) is 12.6 Å². The topological polar surface area (TPSA) is 83.3 Å². The Morgan fingerprint density at radius 1 is 1.03 bits per heavy atom. The van der Waals surface area contributed by atoms with Crippen LogP contribution in [0.1, 0.15) is 77.7 Å². The molecule has 0 radical (unpaired) electrons. The zero-order valence-electron chi connectivity index (χ0n) is 21.0. The maximum atomic E-state index is 13.2. The number of carbonyl (C=O) groups excluding carboxylic acids is 1. The predicted molar refractivity (Wildman–Crippen MR) is 131 cm³/mol. The Labute approximate surface area is 203 Å². The van der Waals surface area contributed by atoms with E-state index in [2.05, 4.69) is 33.8 Å². The maximum absolute atomic E-state index is 13.2. The summed E-state index contributed by atoms with van der Waals surface area (Å²) in [6.45, 7) is 9.52. The standard InChI is InChI=1S/C26H39BN2O5/c1-25(2)26(3,4)34-27(33-25)18-9-12-23-20(14-18)17-7-10-19(11-8-17)31-15-22-21(28)6-5-13-29(22)24(30)16-32-23/h9,12,14,17,19,21-22H,5-8,10-11,13,15-16,28H2,1-4H3/t17?,19?,21-,22-/m0/s1. The van der Waals surface area contributed by atoms with E-state index in [1.54, 1.807) is 0 Å². The Kier molecular flexibility index (Phi) is 6.47. The Bertz CT molecular complexity index is 898. The molecule has 7 nitrogen and oxygen atoms in total. The van der Waals surface area contributed by atoms with Gasteiger partial charge in [0.2, 0.25) is 0 Å². The zero-order chi connectivity index (χ0) is 24.1. The third kappa shape index (κ3) is 4.50. The zero-order valence-corrected chi connectivity index (χ0v) is 21.0. The Morgan fingerprint density at radius 2 is 1.74 bits per heavy atom. The molecule has 8 heteroatoms. The highest BCUT2D eigenvalue weighted by molar-refractivity contribution is 6.62. The number of hydrogen-bond acceptors (Lipinski definition) is 6. The average Bonchev–Trinajstić information content (AvgIpc) is 3.03. The number of piperidine rings is 1. The highest BCUT2D eigenvalue weighted by atomic mass is 16.7. The summed E-state index contributed by atoms with van der Waals surface area (Å²) in [6, 6.07) is 6.05. The van der Waals surface area contributed by atoms with Crippen LogP contribution in [0.4, 0.5) is 0 Å². The van der Waals surface area contributed by atoms with E-state index in [9.17, 15) is 4.79 Å². The van der Waals surface area contributed by atoms with Crippen LogP contribution < -0.4 is 15.9 Å². The van der Waals surface area contributed by atoms with Crippen LogP contribution in [-0.4, -0.2) is 67.1 Å². The van der Waals surface area contributed by atoms with Crippen molar-refractivity contribution in [1.82, 2.24) is 4.90 Å². The summed E-state index contributed by atoms with van der Waals surface area (Å²) >= 11 is 0. The second kappa shape index (κ2) is 9.12. The minimum Gasteiger partial charge on any atom is -0.483 e. The lowest BCUT2D eigenvalue weighted by atomic mass is 9.75. The molecule has 186 valence electrons. The monoisotopic (exact) mass is 470 g/mol. The molecule has 0 spiro atoms. The lowest BCUT2D eigenvalue weighted by molar-refractivity contribution is -0.140. The molecule has 0 unspecified atom stereocenters. The Balaban J connectivity index is 1.43. The summed E-state index contributed by atoms with van der Waals surface area (Å²) in [4.78, 5) is 15.0. The van der Waals surface area contributed by atoms with Crippen molar-refractivity contribution in [1.29, 1.82) is 0 Å². The van der Waals surface area contributed by atoms with E-state index in [4.69, 9.17) is 24.5 Å². The molecule has 2 saturated heterocycles. The van der Waals surface area contributed by atoms with Gasteiger partial charge in [-0.25, -0.2) is 0 Å². The third-order valence-electron chi connectivity index (χ3n) is 8.68. The van der Waals surface area contributed by atoms with Crippen molar-refractivity contribution < 1.29 is 23.6 Å². The molecule has 1 amide bonds. The van der Waals surface area contributed by atoms with Crippen LogP contribution in [-0.2, 0) is 18.8 Å². The highest BCUT2D eigenvalue weighted by Gasteiger charge is 2.52. The number of ether oxygens (including phenoxy) is 2. The molecule has 34 heavy (non-hydrogen) atoms. The number of rotatable bonds is 1. The quantitative estimate of drug-likeness (QED) is 0.636. The van der Waals surface area contributed by atoms with Crippen molar-refractivity contribution >= 4 is 18.5 Å². The van der Waals surface area contributed by atoms with Crippen LogP contribution >= 0.6 is 0 Å². The molecule has 3 fully saturated rings. The largest absolute Gasteiger partial charge is 0.494 e. The van der Waals surface area contributed by atoms with Gasteiger partial charge in [-0.3, -0.25) is 4.79 Å². The van der Waals surface area contributed by atoms with E-state index < -0.39 is 18.3 Å². The summed E-state index contributed by atoms with van der Waals surface area (Å²) < 4.78 is 25.1. The van der Waals surface area contributed by atoms with Crippen LogP contribution in [0.25, 0.3) is 0 Å². The van der Waals surface area contributed by atoms with Gasteiger partial charge in [0.15, 0.2) is 6.61 Å². The summed E-state index contributed by atoms with van der Waals surface area (Å²) in [5.41, 5.74) is 7.77. The predicted octanol–water partition coefficient (Wildman–Crippen LogP) is 2.74. The molecule has 1 saturated carbocycles. The number of benzene rings is 1. The summed E-state index contributed by atoms with van der Waals surface area (Å²) in [7, 11) is -0.420. The van der Waals surface area contributed by atoms with Gasteiger partial charge >= 0.3 is 7.12 Å². The number of nitrogens with zero attached hydrogens (tertiary/aromatic N) is 1. The fourth-order valence-corrected chi connectivity index (χ4v) is 5.75. The Morgan fingerprint density at radius 3 is 2.44 bits per heavy atom. The van der Waals surface area contributed by atoms with Gasteiger partial charge in [-0.1, -0.05) is 12.1 Å². The van der Waals surface area contributed by atoms with E-state index in [1.807, 2.05) is 17.0 Å². The molecule has 1 aromatic rings. The highest BCUT2D eigenvalue weighted by Crippen LogP contribution is 2.40. The molecule has 6 rings (SSSR count). The first-order chi connectivity index (χ1) is 16.1. The summed E-state index contributed by atoms with van der Waals surface area (Å²) in [5, 5.41) is 0. The average molecular weight is 470 g/mol. The van der Waals surface area contributed by atoms with E-state index in [1.165, 1.54) is 0 Å². The van der Waals surface area contributed by atoms with Crippen molar-refractivity contribution in [3.63, 3.8) is 0 Å². The van der Waals surface area contributed by atoms with Crippen LogP contribution in [0.15, 0.2) is 18.2 Å². The third-order valence-corrected chi connectivity index (χ3v) is 8.68. The number of nitrogens with two attached hydrogens (primary N) is 1. The molecule has 0 aromatic heterocycles. The van der Waals surface area contributed by atoms with Crippen molar-refractivity contribution in [2.45, 2.75) is 102 Å². The van der Waals surface area contributed by atoms with Crippen molar-refractivity contribution in [3.8, 4) is 5.75 Å². The normalized spacial score (nSPS) is 33.3. The molecule has 5 aliphatic rings. The van der Waals surface area contributed by atoms with Gasteiger partial charge in [0.1, 0.15) is 5.75 Å². The number of carbonyl (C=O) groups is 1. The molecule has 1 aromatic carbocycles. The van der Waals surface area contributed by atoms with Gasteiger partial charge in [0.05, 0.1) is 30.0 Å². The summed E-state index contributed by atoms with van der Waals surface area (Å²) in [5.74, 6) is 1.13. The van der Waals surface area contributed by atoms with Gasteiger partial charge in [-0.05, 0) is 89.2 Å². The van der Waals surface area contributed by atoms with Crippen LogP contribution in [0.5, 0.6) is 5.75 Å². The van der Waals surface area contributed by atoms with Crippen molar-refractivity contribution in [2.75, 3.05) is 19.8 Å². The smallest absolute Gasteiger partial charge is 0.483 e. The van der Waals surface area contributed by atoms with E-state index in [-0.39, 0.29) is 30.7 Å². The number of amides is 1. The molecule has 2 atom stereocenters. The van der Waals surface area contributed by atoms with E-state index in [0.29, 0.717) is 19.1 Å². The van der Waals surface area contributed by atoms with Gasteiger partial charge in [0.25, 0.3) is 5.91 Å². The van der Waals surface area contributed by atoms with Crippen molar-refractivity contribution in [2.24, 2.45) is 5.73 Å². The molecule has 4 heterocycles. The minimum absolute atomic E-state index is 0.0161. The summed E-state index contributed by atoms with van der Waals surface area (Å²) in [6.07, 6.45) is 6.13. The first kappa shape index (κ1) is 24.1. The molecule has 2 bridgehead atoms. The minimum atomic E-state index is -0.420. The van der Waals surface area contributed by atoms with Gasteiger partial charge in [-0.15, -0.1) is 0 Å². The first-order valence-corrected chi connectivity index (χ1v) is 12.9. The lowest BCUT2D eigenvalue weighted by Gasteiger charge is -2.40. The number of hydrogen-bond donors (Lipinski definition) is 1. The van der Waals surface area contributed by atoms with E-state index >= 15 is 0 Å². The lowest BCUT2D eigenvalue weighted by Crippen LogP contribution is -2.57. The molecule has 1 aliphatic carbocycles. The molecular formula is C26H39BN2O5. The molecule has 4 aliphatic heterocycles. The molecular weight excluding hydrogens is 431 g/mol. The Hall–Kier alpha value is -1.61. The second-order valence-corrected chi connectivity index (χ2v) is 11.4. The van der Waals surface area contributed by atoms with E-state index in [0.717, 1.165) is 55.3 Å². The van der Waals surface area contributed by atoms with Gasteiger partial charge < -0.3 is 29.4 Å². The second-order valence-electron chi connectivity index (χ2n) is 11.4. The van der Waals surface area contributed by atoms with Crippen molar-refractivity contribution in [3.05, 3.63) is 23.8 Å².